The van der Waals surface area contributed by atoms with Crippen LogP contribution in [-0.4, -0.2) is 39.7 Å². The lowest BCUT2D eigenvalue weighted by Crippen LogP contribution is -2.45. The summed E-state index contributed by atoms with van der Waals surface area (Å²) in [6.45, 7) is 3.47. The van der Waals surface area contributed by atoms with Gasteiger partial charge in [-0.15, -0.1) is 0 Å². The molecule has 0 aliphatic rings. The van der Waals surface area contributed by atoms with Gasteiger partial charge in [-0.25, -0.2) is 13.2 Å². The van der Waals surface area contributed by atoms with Crippen LogP contribution in [0, 0.1) is 0 Å². The molecule has 156 valence electrons. The Morgan fingerprint density at radius 3 is 2.31 bits per heavy atom. The number of hydrogen-bond acceptors (Lipinski definition) is 5. The van der Waals surface area contributed by atoms with Gasteiger partial charge in [0, 0.05) is 0 Å². The van der Waals surface area contributed by atoms with Crippen molar-refractivity contribution in [2.24, 2.45) is 0 Å². The van der Waals surface area contributed by atoms with E-state index in [1.807, 2.05) is 19.1 Å². The second kappa shape index (κ2) is 9.28. The molecule has 0 radical (unpaired) electrons. The van der Waals surface area contributed by atoms with Gasteiger partial charge in [0.1, 0.15) is 6.04 Å². The van der Waals surface area contributed by atoms with Crippen LogP contribution in [0.1, 0.15) is 29.8 Å². The Labute approximate surface area is 175 Å². The fourth-order valence-corrected chi connectivity index (χ4v) is 4.13. The first-order valence-corrected chi connectivity index (χ1v) is 11.1. The zero-order chi connectivity index (χ0) is 21.8. The van der Waals surface area contributed by atoms with Crippen LogP contribution in [0.2, 0.25) is 5.02 Å². The summed E-state index contributed by atoms with van der Waals surface area (Å²) in [6.07, 6.45) is 1.85. The van der Waals surface area contributed by atoms with Crippen molar-refractivity contribution in [1.29, 1.82) is 0 Å². The van der Waals surface area contributed by atoms with Gasteiger partial charge in [-0.2, -0.15) is 0 Å². The molecule has 9 heteroatoms. The SMILES string of the molecule is CCc1ccc(N(C(C)C(=O)Nc2cc(C(=O)OC)ccc2Cl)S(C)(=O)=O)cc1. The van der Waals surface area contributed by atoms with E-state index in [1.165, 1.54) is 32.2 Å². The van der Waals surface area contributed by atoms with Gasteiger partial charge in [0.2, 0.25) is 15.9 Å². The fraction of sp³-hybridized carbons (Fsp3) is 0.300. The zero-order valence-corrected chi connectivity index (χ0v) is 18.2. The summed E-state index contributed by atoms with van der Waals surface area (Å²) in [7, 11) is -2.50. The first-order chi connectivity index (χ1) is 13.6. The average molecular weight is 439 g/mol. The highest BCUT2D eigenvalue weighted by Gasteiger charge is 2.29. The number of anilines is 2. The van der Waals surface area contributed by atoms with E-state index in [0.717, 1.165) is 22.5 Å². The Bertz CT molecular complexity index is 1010. The van der Waals surface area contributed by atoms with E-state index in [2.05, 4.69) is 10.1 Å². The number of esters is 1. The van der Waals surface area contributed by atoms with Crippen LogP contribution in [0.25, 0.3) is 0 Å². The highest BCUT2D eigenvalue weighted by atomic mass is 35.5. The number of sulfonamides is 1. The summed E-state index contributed by atoms with van der Waals surface area (Å²) in [6, 6.07) is 10.2. The number of amides is 1. The number of hydrogen-bond donors (Lipinski definition) is 1. The summed E-state index contributed by atoms with van der Waals surface area (Å²) in [4.78, 5) is 24.5. The summed E-state index contributed by atoms with van der Waals surface area (Å²) >= 11 is 6.11. The van der Waals surface area contributed by atoms with Gasteiger partial charge in [0.05, 0.1) is 35.3 Å². The number of carbonyl (C=O) groups is 2. The largest absolute Gasteiger partial charge is 0.465 e. The molecule has 1 unspecified atom stereocenters. The molecule has 0 aromatic heterocycles. The Hall–Kier alpha value is -2.58. The number of methoxy groups -OCH3 is 1. The lowest BCUT2D eigenvalue weighted by molar-refractivity contribution is -0.116. The van der Waals surface area contributed by atoms with Gasteiger partial charge in [-0.1, -0.05) is 30.7 Å². The third-order valence-electron chi connectivity index (χ3n) is 4.33. The predicted molar refractivity (Wildman–Crippen MR) is 114 cm³/mol. The number of nitrogens with one attached hydrogen (secondary N) is 1. The van der Waals surface area contributed by atoms with Crippen molar-refractivity contribution in [3.05, 3.63) is 58.6 Å². The fourth-order valence-electron chi connectivity index (χ4n) is 2.79. The molecule has 2 rings (SSSR count). The van der Waals surface area contributed by atoms with Crippen LogP contribution in [-0.2, 0) is 26.0 Å². The van der Waals surface area contributed by atoms with Crippen LogP contribution in [0.5, 0.6) is 0 Å². The summed E-state index contributed by atoms with van der Waals surface area (Å²) in [5, 5.41) is 2.79. The van der Waals surface area contributed by atoms with Crippen molar-refractivity contribution < 1.29 is 22.7 Å². The second-order valence-corrected chi connectivity index (χ2v) is 8.70. The number of rotatable bonds is 7. The maximum Gasteiger partial charge on any atom is 0.337 e. The molecular formula is C20H23ClN2O5S. The Morgan fingerprint density at radius 2 is 1.79 bits per heavy atom. The zero-order valence-electron chi connectivity index (χ0n) is 16.6. The molecule has 2 aromatic carbocycles. The lowest BCUT2D eigenvalue weighted by atomic mass is 10.1. The van der Waals surface area contributed by atoms with Gasteiger partial charge in [0.25, 0.3) is 0 Å². The minimum atomic E-state index is -3.74. The van der Waals surface area contributed by atoms with Gasteiger partial charge >= 0.3 is 5.97 Å². The molecule has 0 saturated carbocycles. The Morgan fingerprint density at radius 1 is 1.17 bits per heavy atom. The predicted octanol–water partition coefficient (Wildman–Crippen LogP) is 3.48. The standard InChI is InChI=1S/C20H23ClN2O5S/c1-5-14-6-9-16(10-7-14)23(29(4,26)27)13(2)19(24)22-18-12-15(20(25)28-3)8-11-17(18)21/h6-13H,5H2,1-4H3,(H,22,24). The summed E-state index contributed by atoms with van der Waals surface area (Å²) in [5.41, 5.74) is 1.81. The van der Waals surface area contributed by atoms with Crippen molar-refractivity contribution in [3.8, 4) is 0 Å². The number of halogens is 1. The van der Waals surface area contributed by atoms with Gasteiger partial charge < -0.3 is 10.1 Å². The summed E-state index contributed by atoms with van der Waals surface area (Å²) in [5.74, 6) is -1.18. The molecule has 0 bridgehead atoms. The van der Waals surface area contributed by atoms with E-state index < -0.39 is 27.9 Å². The molecule has 2 aromatic rings. The van der Waals surface area contributed by atoms with Crippen LogP contribution < -0.4 is 9.62 Å². The van der Waals surface area contributed by atoms with Gasteiger partial charge in [-0.3, -0.25) is 9.10 Å². The molecular weight excluding hydrogens is 416 g/mol. The number of benzene rings is 2. The molecule has 0 aliphatic carbocycles. The van der Waals surface area contributed by atoms with E-state index in [1.54, 1.807) is 12.1 Å². The maximum atomic E-state index is 12.8. The highest BCUT2D eigenvalue weighted by Crippen LogP contribution is 2.26. The van der Waals surface area contributed by atoms with Crippen molar-refractivity contribution >= 4 is 44.9 Å². The van der Waals surface area contributed by atoms with Crippen LogP contribution in [0.3, 0.4) is 0 Å². The van der Waals surface area contributed by atoms with E-state index in [-0.39, 0.29) is 16.3 Å². The first-order valence-electron chi connectivity index (χ1n) is 8.85. The monoisotopic (exact) mass is 438 g/mol. The third kappa shape index (κ3) is 5.48. The summed E-state index contributed by atoms with van der Waals surface area (Å²) < 4.78 is 30.5. The van der Waals surface area contributed by atoms with Crippen molar-refractivity contribution in [1.82, 2.24) is 0 Å². The molecule has 0 heterocycles. The number of aryl methyl sites for hydroxylation is 1. The molecule has 0 saturated heterocycles. The van der Waals surface area contributed by atoms with E-state index in [0.29, 0.717) is 5.69 Å². The van der Waals surface area contributed by atoms with Gasteiger partial charge in [0.15, 0.2) is 0 Å². The average Bonchev–Trinajstić information content (AvgIpc) is 2.68. The van der Waals surface area contributed by atoms with E-state index >= 15 is 0 Å². The Balaban J connectivity index is 2.33. The minimum Gasteiger partial charge on any atom is -0.465 e. The topological polar surface area (TPSA) is 92.8 Å². The second-order valence-electron chi connectivity index (χ2n) is 6.43. The number of nitrogens with zero attached hydrogens (tertiary/aromatic N) is 1. The maximum absolute atomic E-state index is 12.8. The van der Waals surface area contributed by atoms with Gasteiger partial charge in [-0.05, 0) is 49.2 Å². The minimum absolute atomic E-state index is 0.182. The molecule has 29 heavy (non-hydrogen) atoms. The quantitative estimate of drug-likeness (QED) is 0.668. The highest BCUT2D eigenvalue weighted by molar-refractivity contribution is 7.92. The van der Waals surface area contributed by atoms with Crippen molar-refractivity contribution in [2.45, 2.75) is 26.3 Å². The van der Waals surface area contributed by atoms with E-state index in [4.69, 9.17) is 11.6 Å². The molecule has 7 nitrogen and oxygen atoms in total. The van der Waals surface area contributed by atoms with E-state index in [9.17, 15) is 18.0 Å². The molecule has 1 N–H and O–H groups in total. The Kier molecular flexibility index (Phi) is 7.26. The van der Waals surface area contributed by atoms with Crippen LogP contribution in [0.15, 0.2) is 42.5 Å². The number of ether oxygens (including phenoxy) is 1. The molecule has 0 spiro atoms. The lowest BCUT2D eigenvalue weighted by Gasteiger charge is -2.28. The third-order valence-corrected chi connectivity index (χ3v) is 5.90. The van der Waals surface area contributed by atoms with Crippen LogP contribution >= 0.6 is 11.6 Å². The van der Waals surface area contributed by atoms with Crippen molar-refractivity contribution in [2.75, 3.05) is 23.0 Å². The smallest absolute Gasteiger partial charge is 0.337 e. The number of carbonyl (C=O) groups excluding carboxylic acids is 2. The first kappa shape index (κ1) is 22.7. The van der Waals surface area contributed by atoms with Crippen molar-refractivity contribution in [3.63, 3.8) is 0 Å². The van der Waals surface area contributed by atoms with Crippen LogP contribution in [0.4, 0.5) is 11.4 Å². The molecule has 1 atom stereocenters. The molecule has 0 aliphatic heterocycles. The molecule has 1 amide bonds. The normalized spacial score (nSPS) is 12.2. The molecule has 0 fully saturated rings.